The fourth-order valence-corrected chi connectivity index (χ4v) is 3.50. The van der Waals surface area contributed by atoms with Gasteiger partial charge in [-0.1, -0.05) is 54.2 Å². The highest BCUT2D eigenvalue weighted by atomic mass is 32.2. The first kappa shape index (κ1) is 24.5. The number of carbonyl (C=O) groups is 4. The third-order valence-corrected chi connectivity index (χ3v) is 5.47. The lowest BCUT2D eigenvalue weighted by molar-refractivity contribution is -0.123. The molecule has 0 fully saturated rings. The molecular weight excluding hydrogens is 458 g/mol. The Kier molecular flexibility index (Phi) is 8.81. The number of benzene rings is 2. The molecule has 0 radical (unpaired) electrons. The van der Waals surface area contributed by atoms with Crippen LogP contribution in [0.5, 0.6) is 0 Å². The van der Waals surface area contributed by atoms with E-state index in [0.29, 0.717) is 5.16 Å². The minimum atomic E-state index is -0.813. The molecule has 11 heteroatoms. The summed E-state index contributed by atoms with van der Waals surface area (Å²) in [6, 6.07) is 14.8. The highest BCUT2D eigenvalue weighted by Gasteiger charge is 2.17. The average molecular weight is 482 g/mol. The molecule has 3 rings (SSSR count). The molecule has 0 atom stereocenters. The second-order valence-electron chi connectivity index (χ2n) is 7.00. The number of carbonyl (C=O) groups excluding carboxylic acids is 4. The summed E-state index contributed by atoms with van der Waals surface area (Å²) in [6.07, 6.45) is 3.41. The molecule has 0 bridgehead atoms. The highest BCUT2D eigenvalue weighted by molar-refractivity contribution is 7.99. The Morgan fingerprint density at radius 1 is 1.00 bits per heavy atom. The van der Waals surface area contributed by atoms with Crippen LogP contribution in [0.3, 0.4) is 0 Å². The number of nitrogens with one attached hydrogen (secondary N) is 3. The number of aryl methyl sites for hydroxylation is 1. The lowest BCUT2D eigenvalue weighted by Crippen LogP contribution is -2.41. The van der Waals surface area contributed by atoms with Gasteiger partial charge in [0.05, 0.1) is 17.0 Å². The normalized spacial score (nSPS) is 10.3. The molecule has 0 saturated carbocycles. The van der Waals surface area contributed by atoms with Crippen molar-refractivity contribution in [1.29, 1.82) is 0 Å². The van der Waals surface area contributed by atoms with Gasteiger partial charge in [0.2, 0.25) is 5.91 Å². The highest BCUT2D eigenvalue weighted by Crippen LogP contribution is 2.18. The van der Waals surface area contributed by atoms with Gasteiger partial charge in [-0.15, -0.1) is 0 Å². The quantitative estimate of drug-likeness (QED) is 0.316. The SMILES string of the molecule is Cn1ccnc1SCC(=O)Nc1ccccc1C(=O)OCC(=O)NC(=O)NCc1ccccc1. The van der Waals surface area contributed by atoms with E-state index in [9.17, 15) is 19.2 Å². The number of rotatable bonds is 9. The van der Waals surface area contributed by atoms with Crippen LogP contribution in [0.2, 0.25) is 0 Å². The number of esters is 1. The van der Waals surface area contributed by atoms with Gasteiger partial charge in [0.1, 0.15) is 0 Å². The van der Waals surface area contributed by atoms with Gasteiger partial charge in [-0.05, 0) is 17.7 Å². The van der Waals surface area contributed by atoms with Crippen LogP contribution in [0, 0.1) is 0 Å². The number of imide groups is 1. The number of nitrogens with zero attached hydrogens (tertiary/aromatic N) is 2. The van der Waals surface area contributed by atoms with Gasteiger partial charge in [-0.3, -0.25) is 14.9 Å². The Hall–Kier alpha value is -4.12. The van der Waals surface area contributed by atoms with Crippen molar-refractivity contribution in [2.45, 2.75) is 11.7 Å². The van der Waals surface area contributed by atoms with Gasteiger partial charge in [0.25, 0.3) is 5.91 Å². The molecule has 0 aliphatic heterocycles. The molecule has 34 heavy (non-hydrogen) atoms. The van der Waals surface area contributed by atoms with E-state index in [1.54, 1.807) is 35.2 Å². The molecule has 3 aromatic rings. The lowest BCUT2D eigenvalue weighted by atomic mass is 10.2. The summed E-state index contributed by atoms with van der Waals surface area (Å²) in [5.74, 6) is -1.84. The summed E-state index contributed by atoms with van der Waals surface area (Å²) in [6.45, 7) is -0.417. The van der Waals surface area contributed by atoms with E-state index in [-0.39, 0.29) is 29.5 Å². The Labute approximate surface area is 200 Å². The maximum atomic E-state index is 12.5. The summed E-state index contributed by atoms with van der Waals surface area (Å²) in [7, 11) is 1.82. The van der Waals surface area contributed by atoms with Crippen LogP contribution < -0.4 is 16.0 Å². The standard InChI is InChI=1S/C23H23N5O5S/c1-28-12-11-24-23(28)34-15-20(30)26-18-10-6-5-9-17(18)21(31)33-14-19(29)27-22(32)25-13-16-7-3-2-4-8-16/h2-12H,13-15H2,1H3,(H,26,30)(H2,25,27,29,32). The molecule has 4 amide bonds. The van der Waals surface area contributed by atoms with E-state index in [0.717, 1.165) is 5.56 Å². The van der Waals surface area contributed by atoms with Crippen LogP contribution in [-0.4, -0.2) is 45.7 Å². The first-order chi connectivity index (χ1) is 16.4. The molecule has 0 saturated heterocycles. The van der Waals surface area contributed by atoms with Gasteiger partial charge in [-0.25, -0.2) is 14.6 Å². The summed E-state index contributed by atoms with van der Waals surface area (Å²) in [4.78, 5) is 52.7. The number of thioether (sulfide) groups is 1. The molecular formula is C23H23N5O5S. The summed E-state index contributed by atoms with van der Waals surface area (Å²) in [5.41, 5.74) is 1.20. The Morgan fingerprint density at radius 2 is 1.74 bits per heavy atom. The van der Waals surface area contributed by atoms with Crippen molar-refractivity contribution < 1.29 is 23.9 Å². The predicted octanol–water partition coefficient (Wildman–Crippen LogP) is 2.33. The van der Waals surface area contributed by atoms with Crippen LogP contribution in [0.1, 0.15) is 15.9 Å². The van der Waals surface area contributed by atoms with Crippen molar-refractivity contribution >= 4 is 41.3 Å². The third kappa shape index (κ3) is 7.48. The monoisotopic (exact) mass is 481 g/mol. The van der Waals surface area contributed by atoms with E-state index < -0.39 is 24.5 Å². The molecule has 0 aliphatic rings. The first-order valence-corrected chi connectivity index (χ1v) is 11.2. The van der Waals surface area contributed by atoms with Crippen molar-refractivity contribution in [2.75, 3.05) is 17.7 Å². The second kappa shape index (κ2) is 12.2. The van der Waals surface area contributed by atoms with E-state index in [2.05, 4.69) is 20.9 Å². The van der Waals surface area contributed by atoms with Gasteiger partial charge in [0.15, 0.2) is 11.8 Å². The maximum absolute atomic E-state index is 12.5. The fourth-order valence-electron chi connectivity index (χ4n) is 2.77. The lowest BCUT2D eigenvalue weighted by Gasteiger charge is -2.11. The predicted molar refractivity (Wildman–Crippen MR) is 126 cm³/mol. The molecule has 176 valence electrons. The van der Waals surface area contributed by atoms with Crippen LogP contribution in [0.15, 0.2) is 72.1 Å². The molecule has 3 N–H and O–H groups in total. The molecule has 2 aromatic carbocycles. The van der Waals surface area contributed by atoms with E-state index in [4.69, 9.17) is 4.74 Å². The summed E-state index contributed by atoms with van der Waals surface area (Å²) >= 11 is 1.25. The van der Waals surface area contributed by atoms with Crippen molar-refractivity contribution in [3.63, 3.8) is 0 Å². The maximum Gasteiger partial charge on any atom is 0.340 e. The summed E-state index contributed by atoms with van der Waals surface area (Å²) in [5, 5.41) is 7.98. The Bertz CT molecular complexity index is 1170. The van der Waals surface area contributed by atoms with Gasteiger partial charge in [-0.2, -0.15) is 0 Å². The number of hydrogen-bond acceptors (Lipinski definition) is 7. The molecule has 0 spiro atoms. The number of ether oxygens (including phenoxy) is 1. The third-order valence-electron chi connectivity index (χ3n) is 4.41. The van der Waals surface area contributed by atoms with Crippen LogP contribution in [0.4, 0.5) is 10.5 Å². The number of aromatic nitrogens is 2. The molecule has 10 nitrogen and oxygen atoms in total. The van der Waals surface area contributed by atoms with Gasteiger partial charge >= 0.3 is 12.0 Å². The average Bonchev–Trinajstić information content (AvgIpc) is 3.25. The van der Waals surface area contributed by atoms with Crippen molar-refractivity contribution in [3.8, 4) is 0 Å². The van der Waals surface area contributed by atoms with Crippen molar-refractivity contribution in [1.82, 2.24) is 20.2 Å². The number of amides is 4. The fraction of sp³-hybridized carbons (Fsp3) is 0.174. The Morgan fingerprint density at radius 3 is 2.47 bits per heavy atom. The number of urea groups is 1. The minimum absolute atomic E-state index is 0.0826. The largest absolute Gasteiger partial charge is 0.452 e. The molecule has 1 aromatic heterocycles. The molecule has 0 aliphatic carbocycles. The summed E-state index contributed by atoms with van der Waals surface area (Å²) < 4.78 is 6.80. The van der Waals surface area contributed by atoms with Crippen molar-refractivity contribution in [3.05, 3.63) is 78.1 Å². The van der Waals surface area contributed by atoms with E-state index in [1.807, 2.05) is 37.4 Å². The van der Waals surface area contributed by atoms with Crippen LogP contribution in [0.25, 0.3) is 0 Å². The molecule has 1 heterocycles. The minimum Gasteiger partial charge on any atom is -0.452 e. The number of imidazole rings is 1. The Balaban J connectivity index is 1.46. The van der Waals surface area contributed by atoms with Crippen LogP contribution in [-0.2, 0) is 27.9 Å². The zero-order valence-electron chi connectivity index (χ0n) is 18.3. The second-order valence-corrected chi connectivity index (χ2v) is 7.94. The van der Waals surface area contributed by atoms with E-state index in [1.165, 1.54) is 17.8 Å². The molecule has 0 unspecified atom stereocenters. The number of para-hydroxylation sites is 1. The number of anilines is 1. The zero-order chi connectivity index (χ0) is 24.3. The van der Waals surface area contributed by atoms with Gasteiger partial charge in [0, 0.05) is 26.0 Å². The van der Waals surface area contributed by atoms with Gasteiger partial charge < -0.3 is 19.9 Å². The number of hydrogen-bond donors (Lipinski definition) is 3. The zero-order valence-corrected chi connectivity index (χ0v) is 19.1. The first-order valence-electron chi connectivity index (χ1n) is 10.2. The van der Waals surface area contributed by atoms with Crippen molar-refractivity contribution in [2.24, 2.45) is 7.05 Å². The van der Waals surface area contributed by atoms with E-state index >= 15 is 0 Å². The topological polar surface area (TPSA) is 131 Å². The smallest absolute Gasteiger partial charge is 0.340 e. The van der Waals surface area contributed by atoms with Crippen LogP contribution >= 0.6 is 11.8 Å².